The van der Waals surface area contributed by atoms with Gasteiger partial charge < -0.3 is 4.90 Å². The van der Waals surface area contributed by atoms with Crippen LogP contribution in [-0.4, -0.2) is 24.5 Å². The summed E-state index contributed by atoms with van der Waals surface area (Å²) >= 11 is 0. The molecule has 0 radical (unpaired) electrons. The summed E-state index contributed by atoms with van der Waals surface area (Å²) in [6, 6.07) is 0. The molecule has 132 valence electrons. The molecule has 0 saturated carbocycles. The van der Waals surface area contributed by atoms with Gasteiger partial charge in [0.05, 0.1) is 0 Å². The lowest BCUT2D eigenvalue weighted by Crippen LogP contribution is -2.23. The number of hydrogen-bond donors (Lipinski definition) is 0. The Kier molecular flexibility index (Phi) is 18.5. The number of nitrogens with zero attached hydrogens (tertiary/aromatic N) is 1. The predicted molar refractivity (Wildman–Crippen MR) is 103 cm³/mol. The summed E-state index contributed by atoms with van der Waals surface area (Å²) in [4.78, 5) is 2.54. The zero-order valence-electron chi connectivity index (χ0n) is 15.9. The summed E-state index contributed by atoms with van der Waals surface area (Å²) in [7, 11) is 0. The Morgan fingerprint density at radius 3 is 1.50 bits per heavy atom. The molecule has 0 aliphatic rings. The highest BCUT2D eigenvalue weighted by molar-refractivity contribution is 4.81. The number of rotatable bonds is 17. The van der Waals surface area contributed by atoms with E-state index < -0.39 is 0 Å². The largest absolute Gasteiger partial charge is 0.304 e. The van der Waals surface area contributed by atoms with Crippen LogP contribution in [0.2, 0.25) is 0 Å². The Morgan fingerprint density at radius 1 is 0.545 bits per heavy atom. The van der Waals surface area contributed by atoms with E-state index in [9.17, 15) is 0 Å². The van der Waals surface area contributed by atoms with E-state index in [1.165, 1.54) is 103 Å². The maximum atomic E-state index is 2.54. The van der Waals surface area contributed by atoms with Crippen molar-refractivity contribution in [1.29, 1.82) is 0 Å². The van der Waals surface area contributed by atoms with Gasteiger partial charge in [0.15, 0.2) is 0 Å². The smallest absolute Gasteiger partial charge is 0.00190 e. The van der Waals surface area contributed by atoms with Crippen LogP contribution < -0.4 is 0 Å². The third kappa shape index (κ3) is 16.1. The van der Waals surface area contributed by atoms with Gasteiger partial charge >= 0.3 is 0 Å². The summed E-state index contributed by atoms with van der Waals surface area (Å²) in [6.45, 7) is 10.5. The summed E-state index contributed by atoms with van der Waals surface area (Å²) in [5.41, 5.74) is 0. The highest BCUT2D eigenvalue weighted by Gasteiger charge is 1.98. The first-order valence-corrected chi connectivity index (χ1v) is 10.2. The van der Waals surface area contributed by atoms with Crippen molar-refractivity contribution >= 4 is 0 Å². The van der Waals surface area contributed by atoms with Crippen LogP contribution >= 0.6 is 0 Å². The molecule has 0 unspecified atom stereocenters. The van der Waals surface area contributed by atoms with E-state index in [4.69, 9.17) is 0 Å². The minimum Gasteiger partial charge on any atom is -0.304 e. The molecule has 22 heavy (non-hydrogen) atoms. The van der Waals surface area contributed by atoms with Crippen LogP contribution in [0, 0.1) is 0 Å². The van der Waals surface area contributed by atoms with E-state index in [0.717, 1.165) is 0 Å². The lowest BCUT2D eigenvalue weighted by atomic mass is 10.1. The fourth-order valence-corrected chi connectivity index (χ4v) is 2.95. The molecular weight excluding hydrogens is 266 g/mol. The van der Waals surface area contributed by atoms with Gasteiger partial charge in [0, 0.05) is 0 Å². The van der Waals surface area contributed by atoms with E-state index in [1.54, 1.807) is 0 Å². The maximum Gasteiger partial charge on any atom is -0.00190 e. The average molecular weight is 310 g/mol. The SMILES string of the molecule is CCCCCC/C=C/CCCCCCCCCN(CC)CC. The lowest BCUT2D eigenvalue weighted by molar-refractivity contribution is 0.295. The van der Waals surface area contributed by atoms with Crippen LogP contribution in [0.5, 0.6) is 0 Å². The average Bonchev–Trinajstić information content (AvgIpc) is 2.55. The molecule has 0 aromatic heterocycles. The lowest BCUT2D eigenvalue weighted by Gasteiger charge is -2.17. The number of hydrogen-bond acceptors (Lipinski definition) is 1. The second-order valence-corrected chi connectivity index (χ2v) is 6.61. The Labute approximate surface area is 141 Å². The van der Waals surface area contributed by atoms with E-state index >= 15 is 0 Å². The molecule has 0 aliphatic carbocycles. The zero-order chi connectivity index (χ0) is 16.3. The van der Waals surface area contributed by atoms with Crippen molar-refractivity contribution in [1.82, 2.24) is 4.90 Å². The van der Waals surface area contributed by atoms with Crippen molar-refractivity contribution in [3.05, 3.63) is 12.2 Å². The van der Waals surface area contributed by atoms with Gasteiger partial charge in [0.1, 0.15) is 0 Å². The number of unbranched alkanes of at least 4 members (excludes halogenated alkanes) is 11. The first-order chi connectivity index (χ1) is 10.8. The normalized spacial score (nSPS) is 11.8. The van der Waals surface area contributed by atoms with E-state index in [2.05, 4.69) is 37.8 Å². The van der Waals surface area contributed by atoms with Crippen molar-refractivity contribution in [3.63, 3.8) is 0 Å². The van der Waals surface area contributed by atoms with Crippen molar-refractivity contribution in [3.8, 4) is 0 Å². The molecule has 1 nitrogen and oxygen atoms in total. The van der Waals surface area contributed by atoms with Gasteiger partial charge in [0.25, 0.3) is 0 Å². The zero-order valence-corrected chi connectivity index (χ0v) is 15.9. The molecule has 0 amide bonds. The standard InChI is InChI=1S/C21H43N/c1-4-7-8-9-10-11-12-13-14-15-16-17-18-19-20-21-22(5-2)6-3/h11-12H,4-10,13-21H2,1-3H3/b12-11+. The molecule has 0 spiro atoms. The fourth-order valence-electron chi connectivity index (χ4n) is 2.95. The quantitative estimate of drug-likeness (QED) is 0.207. The van der Waals surface area contributed by atoms with Gasteiger partial charge in [0.2, 0.25) is 0 Å². The molecule has 0 aromatic rings. The van der Waals surface area contributed by atoms with Crippen molar-refractivity contribution < 1.29 is 0 Å². The third-order valence-corrected chi connectivity index (χ3v) is 4.63. The van der Waals surface area contributed by atoms with Gasteiger partial charge in [-0.1, -0.05) is 84.3 Å². The van der Waals surface area contributed by atoms with Crippen LogP contribution in [0.1, 0.15) is 104 Å². The number of allylic oxidation sites excluding steroid dienone is 2. The Hall–Kier alpha value is -0.300. The molecule has 0 bridgehead atoms. The Balaban J connectivity index is 3.12. The molecule has 0 rings (SSSR count). The van der Waals surface area contributed by atoms with Crippen molar-refractivity contribution in [2.75, 3.05) is 19.6 Å². The molecule has 0 saturated heterocycles. The molecule has 0 fully saturated rings. The molecule has 0 atom stereocenters. The molecule has 0 N–H and O–H groups in total. The van der Waals surface area contributed by atoms with E-state index in [0.29, 0.717) is 0 Å². The molecule has 0 heterocycles. The van der Waals surface area contributed by atoms with E-state index in [-0.39, 0.29) is 0 Å². The topological polar surface area (TPSA) is 3.24 Å². The van der Waals surface area contributed by atoms with Gasteiger partial charge in [-0.15, -0.1) is 0 Å². The van der Waals surface area contributed by atoms with Gasteiger partial charge in [-0.25, -0.2) is 0 Å². The first-order valence-electron chi connectivity index (χ1n) is 10.2. The van der Waals surface area contributed by atoms with Crippen LogP contribution in [0.25, 0.3) is 0 Å². The molecule has 1 heteroatoms. The summed E-state index contributed by atoms with van der Waals surface area (Å²) < 4.78 is 0. The van der Waals surface area contributed by atoms with E-state index in [1.807, 2.05) is 0 Å². The summed E-state index contributed by atoms with van der Waals surface area (Å²) in [6.07, 6.45) is 22.9. The Bertz CT molecular complexity index is 218. The summed E-state index contributed by atoms with van der Waals surface area (Å²) in [5, 5.41) is 0. The molecule has 0 aliphatic heterocycles. The molecule has 0 aromatic carbocycles. The van der Waals surface area contributed by atoms with Gasteiger partial charge in [-0.3, -0.25) is 0 Å². The minimum atomic E-state index is 1.21. The first kappa shape index (κ1) is 21.7. The van der Waals surface area contributed by atoms with Crippen LogP contribution in [0.15, 0.2) is 12.2 Å². The second kappa shape index (κ2) is 18.7. The highest BCUT2D eigenvalue weighted by atomic mass is 15.1. The predicted octanol–water partition coefficient (Wildman–Crippen LogP) is 6.98. The van der Waals surface area contributed by atoms with Crippen LogP contribution in [0.3, 0.4) is 0 Å². The second-order valence-electron chi connectivity index (χ2n) is 6.61. The van der Waals surface area contributed by atoms with Gasteiger partial charge in [-0.2, -0.15) is 0 Å². The van der Waals surface area contributed by atoms with Crippen LogP contribution in [-0.2, 0) is 0 Å². The Morgan fingerprint density at radius 2 is 1.00 bits per heavy atom. The third-order valence-electron chi connectivity index (χ3n) is 4.63. The summed E-state index contributed by atoms with van der Waals surface area (Å²) in [5.74, 6) is 0. The van der Waals surface area contributed by atoms with Gasteiger partial charge in [-0.05, 0) is 51.7 Å². The van der Waals surface area contributed by atoms with Crippen molar-refractivity contribution in [2.45, 2.75) is 104 Å². The highest BCUT2D eigenvalue weighted by Crippen LogP contribution is 2.10. The fraction of sp³-hybridized carbons (Fsp3) is 0.905. The molecular formula is C21H43N. The van der Waals surface area contributed by atoms with Crippen LogP contribution in [0.4, 0.5) is 0 Å². The monoisotopic (exact) mass is 309 g/mol. The minimum absolute atomic E-state index is 1.21. The maximum absolute atomic E-state index is 2.54. The van der Waals surface area contributed by atoms with Crippen molar-refractivity contribution in [2.24, 2.45) is 0 Å².